The van der Waals surface area contributed by atoms with E-state index in [1.165, 1.54) is 49.4 Å². The molecule has 0 N–H and O–H groups in total. The zero-order valence-electron chi connectivity index (χ0n) is 18.7. The molecular weight excluding hydrogens is 372 g/mol. The van der Waals surface area contributed by atoms with Crippen LogP contribution in [0, 0.1) is 6.92 Å². The number of esters is 1. The van der Waals surface area contributed by atoms with Crippen LogP contribution in [0.2, 0.25) is 0 Å². The molecule has 0 aliphatic rings. The number of hydrogen-bond donors (Lipinski definition) is 0. The van der Waals surface area contributed by atoms with Crippen molar-refractivity contribution in [2.45, 2.75) is 59.9 Å². The molecular formula is C26H34N2O2. The van der Waals surface area contributed by atoms with E-state index < -0.39 is 0 Å². The molecule has 0 saturated heterocycles. The minimum atomic E-state index is -0.211. The molecule has 0 unspecified atom stereocenters. The van der Waals surface area contributed by atoms with Crippen molar-refractivity contribution in [1.82, 2.24) is 9.55 Å². The molecule has 0 amide bonds. The number of aryl methyl sites for hydroxylation is 1. The molecule has 0 fully saturated rings. The van der Waals surface area contributed by atoms with Crippen molar-refractivity contribution < 1.29 is 9.53 Å². The van der Waals surface area contributed by atoms with Gasteiger partial charge in [0.1, 0.15) is 5.82 Å². The van der Waals surface area contributed by atoms with E-state index in [0.717, 1.165) is 18.1 Å². The minimum absolute atomic E-state index is 0.211. The smallest absolute Gasteiger partial charge is 0.302 e. The Balaban J connectivity index is 0.000000469. The van der Waals surface area contributed by atoms with Crippen LogP contribution in [0.4, 0.5) is 0 Å². The van der Waals surface area contributed by atoms with Gasteiger partial charge in [-0.25, -0.2) is 4.98 Å². The van der Waals surface area contributed by atoms with Gasteiger partial charge in [0.25, 0.3) is 0 Å². The lowest BCUT2D eigenvalue weighted by atomic mass is 10.0. The van der Waals surface area contributed by atoms with Crippen molar-refractivity contribution in [2.75, 3.05) is 6.61 Å². The number of carbonyl (C=O) groups is 1. The third-order valence-corrected chi connectivity index (χ3v) is 4.84. The lowest BCUT2D eigenvalue weighted by Crippen LogP contribution is -2.03. The number of unbranched alkanes of at least 4 members (excludes halogenated alkanes) is 3. The van der Waals surface area contributed by atoms with Crippen LogP contribution >= 0.6 is 0 Å². The fraction of sp³-hybridized carbons (Fsp3) is 0.385. The Labute approximate surface area is 180 Å². The lowest BCUT2D eigenvalue weighted by molar-refractivity contribution is -0.140. The second-order valence-corrected chi connectivity index (χ2v) is 7.23. The van der Waals surface area contributed by atoms with Crippen LogP contribution in [0.15, 0.2) is 60.7 Å². The van der Waals surface area contributed by atoms with E-state index in [9.17, 15) is 4.79 Å². The van der Waals surface area contributed by atoms with Gasteiger partial charge in [-0.1, -0.05) is 86.8 Å². The number of carbonyl (C=O) groups excluding carboxylic acids is 1. The third kappa shape index (κ3) is 6.87. The summed E-state index contributed by atoms with van der Waals surface area (Å²) in [6.07, 6.45) is 5.06. The predicted molar refractivity (Wildman–Crippen MR) is 124 cm³/mol. The van der Waals surface area contributed by atoms with E-state index >= 15 is 0 Å². The summed E-state index contributed by atoms with van der Waals surface area (Å²) < 4.78 is 6.80. The van der Waals surface area contributed by atoms with Gasteiger partial charge in [-0.05, 0) is 20.3 Å². The van der Waals surface area contributed by atoms with Gasteiger partial charge in [0, 0.05) is 24.6 Å². The number of imidazole rings is 1. The number of aromatic nitrogens is 2. The SMILES string of the molecule is CCCCCCn1c(C)nc(-c2ccccc2)c1-c1ccccc1.CCOC(C)=O. The fourth-order valence-electron chi connectivity index (χ4n) is 3.42. The van der Waals surface area contributed by atoms with Gasteiger partial charge in [0.05, 0.1) is 18.0 Å². The molecule has 1 aromatic heterocycles. The molecule has 0 radical (unpaired) electrons. The first-order valence-electron chi connectivity index (χ1n) is 10.9. The average molecular weight is 407 g/mol. The molecule has 0 spiro atoms. The van der Waals surface area contributed by atoms with Crippen LogP contribution < -0.4 is 0 Å². The predicted octanol–water partition coefficient (Wildman–Crippen LogP) is 6.68. The molecule has 30 heavy (non-hydrogen) atoms. The Hall–Kier alpha value is -2.88. The van der Waals surface area contributed by atoms with Crippen LogP contribution in [0.25, 0.3) is 22.5 Å². The van der Waals surface area contributed by atoms with Gasteiger partial charge in [-0.2, -0.15) is 0 Å². The Morgan fingerprint density at radius 3 is 2.00 bits per heavy atom. The van der Waals surface area contributed by atoms with E-state index in [-0.39, 0.29) is 5.97 Å². The fourth-order valence-corrected chi connectivity index (χ4v) is 3.42. The highest BCUT2D eigenvalue weighted by Crippen LogP contribution is 2.33. The molecule has 4 nitrogen and oxygen atoms in total. The average Bonchev–Trinajstić information content (AvgIpc) is 3.09. The molecule has 3 aromatic rings. The van der Waals surface area contributed by atoms with Gasteiger partial charge < -0.3 is 9.30 Å². The maximum atomic E-state index is 9.82. The van der Waals surface area contributed by atoms with Crippen LogP contribution in [0.5, 0.6) is 0 Å². The van der Waals surface area contributed by atoms with E-state index in [1.54, 1.807) is 6.92 Å². The molecule has 0 bridgehead atoms. The first kappa shape index (κ1) is 23.4. The first-order chi connectivity index (χ1) is 14.6. The summed E-state index contributed by atoms with van der Waals surface area (Å²) in [4.78, 5) is 14.7. The highest BCUT2D eigenvalue weighted by Gasteiger charge is 2.17. The molecule has 0 atom stereocenters. The second kappa shape index (κ2) is 12.6. The summed E-state index contributed by atoms with van der Waals surface area (Å²) in [6.45, 7) is 9.07. The van der Waals surface area contributed by atoms with Gasteiger partial charge in [0.2, 0.25) is 0 Å². The van der Waals surface area contributed by atoms with Crippen LogP contribution in [-0.4, -0.2) is 22.1 Å². The Kier molecular flexibility index (Phi) is 9.85. The van der Waals surface area contributed by atoms with E-state index in [4.69, 9.17) is 4.98 Å². The Morgan fingerprint density at radius 1 is 0.900 bits per heavy atom. The van der Waals surface area contributed by atoms with Gasteiger partial charge in [-0.15, -0.1) is 0 Å². The summed E-state index contributed by atoms with van der Waals surface area (Å²) in [5, 5.41) is 0. The van der Waals surface area contributed by atoms with Crippen LogP contribution in [0.1, 0.15) is 52.3 Å². The standard InChI is InChI=1S/C22H26N2.C4H8O2/c1-3-4-5-12-17-24-18(2)23-21(19-13-8-6-9-14-19)22(24)20-15-10-7-11-16-20;1-3-6-4(2)5/h6-11,13-16H,3-5,12,17H2,1-2H3;3H2,1-2H3. The molecule has 1 heterocycles. The summed E-state index contributed by atoms with van der Waals surface area (Å²) in [7, 11) is 0. The normalized spacial score (nSPS) is 10.3. The van der Waals surface area contributed by atoms with Crippen molar-refractivity contribution in [3.63, 3.8) is 0 Å². The number of ether oxygens (including phenoxy) is 1. The molecule has 0 saturated carbocycles. The second-order valence-electron chi connectivity index (χ2n) is 7.23. The summed E-state index contributed by atoms with van der Waals surface area (Å²) in [6, 6.07) is 21.2. The van der Waals surface area contributed by atoms with E-state index in [2.05, 4.69) is 83.8 Å². The highest BCUT2D eigenvalue weighted by molar-refractivity contribution is 5.79. The summed E-state index contributed by atoms with van der Waals surface area (Å²) in [5.74, 6) is 0.890. The van der Waals surface area contributed by atoms with Gasteiger partial charge in [0.15, 0.2) is 0 Å². The lowest BCUT2D eigenvalue weighted by Gasteiger charge is -2.12. The zero-order valence-corrected chi connectivity index (χ0v) is 18.7. The third-order valence-electron chi connectivity index (χ3n) is 4.84. The Bertz CT molecular complexity index is 886. The molecule has 0 aliphatic carbocycles. The molecule has 0 aliphatic heterocycles. The number of hydrogen-bond acceptors (Lipinski definition) is 3. The van der Waals surface area contributed by atoms with Crippen molar-refractivity contribution in [3.8, 4) is 22.5 Å². The largest absolute Gasteiger partial charge is 0.466 e. The van der Waals surface area contributed by atoms with Crippen molar-refractivity contribution in [1.29, 1.82) is 0 Å². The summed E-state index contributed by atoms with van der Waals surface area (Å²) in [5.41, 5.74) is 4.77. The maximum Gasteiger partial charge on any atom is 0.302 e. The molecule has 2 aromatic carbocycles. The molecule has 4 heteroatoms. The Morgan fingerprint density at radius 2 is 1.50 bits per heavy atom. The number of rotatable bonds is 8. The topological polar surface area (TPSA) is 44.1 Å². The maximum absolute atomic E-state index is 9.82. The van der Waals surface area contributed by atoms with Gasteiger partial charge >= 0.3 is 5.97 Å². The first-order valence-corrected chi connectivity index (χ1v) is 10.9. The highest BCUT2D eigenvalue weighted by atomic mass is 16.5. The molecule has 3 rings (SSSR count). The van der Waals surface area contributed by atoms with Crippen molar-refractivity contribution >= 4 is 5.97 Å². The van der Waals surface area contributed by atoms with Crippen LogP contribution in [0.3, 0.4) is 0 Å². The molecule has 160 valence electrons. The van der Waals surface area contributed by atoms with Crippen LogP contribution in [-0.2, 0) is 16.1 Å². The van der Waals surface area contributed by atoms with Crippen molar-refractivity contribution in [3.05, 3.63) is 66.5 Å². The summed E-state index contributed by atoms with van der Waals surface area (Å²) >= 11 is 0. The van der Waals surface area contributed by atoms with E-state index in [1.807, 2.05) is 0 Å². The number of benzene rings is 2. The van der Waals surface area contributed by atoms with Crippen molar-refractivity contribution in [2.24, 2.45) is 0 Å². The quantitative estimate of drug-likeness (QED) is 0.310. The monoisotopic (exact) mass is 406 g/mol. The van der Waals surface area contributed by atoms with Gasteiger partial charge in [-0.3, -0.25) is 4.79 Å². The minimum Gasteiger partial charge on any atom is -0.466 e. The number of nitrogens with zero attached hydrogens (tertiary/aromatic N) is 2. The van der Waals surface area contributed by atoms with E-state index in [0.29, 0.717) is 6.61 Å². The zero-order chi connectivity index (χ0) is 21.8.